The largest absolute Gasteiger partial charge is 0.309 e. The van der Waals surface area contributed by atoms with Crippen LogP contribution in [0.2, 0.25) is 0 Å². The van der Waals surface area contributed by atoms with Gasteiger partial charge in [-0.15, -0.1) is 0 Å². The van der Waals surface area contributed by atoms with Crippen molar-refractivity contribution in [1.82, 2.24) is 4.57 Å². The number of para-hydroxylation sites is 2. The van der Waals surface area contributed by atoms with Gasteiger partial charge < -0.3 is 4.57 Å². The van der Waals surface area contributed by atoms with Gasteiger partial charge in [0.1, 0.15) is 0 Å². The second kappa shape index (κ2) is 10.9. The van der Waals surface area contributed by atoms with Crippen molar-refractivity contribution in [2.45, 2.75) is 0 Å². The minimum Gasteiger partial charge on any atom is -0.309 e. The Hall–Kier alpha value is -6.43. The summed E-state index contributed by atoms with van der Waals surface area (Å²) in [5, 5.41) is 17.7. The van der Waals surface area contributed by atoms with Gasteiger partial charge >= 0.3 is 0 Å². The number of aromatic nitrogens is 1. The SMILES string of the molecule is N#Cc1cccc(-n2c3ccccc3c3ccccc32)c1-c1cccc(-c2c3ccccc3c(-c3ccccc3)c3ccccc23)c1. The molecule has 0 aliphatic rings. The van der Waals surface area contributed by atoms with E-state index < -0.39 is 0 Å². The number of nitriles is 1. The molecule has 0 saturated heterocycles. The molecule has 9 aromatic rings. The van der Waals surface area contributed by atoms with Gasteiger partial charge in [-0.1, -0.05) is 140 Å². The maximum Gasteiger partial charge on any atom is 0.0998 e. The smallest absolute Gasteiger partial charge is 0.0998 e. The van der Waals surface area contributed by atoms with Crippen LogP contribution >= 0.6 is 0 Å². The van der Waals surface area contributed by atoms with Crippen LogP contribution in [0.3, 0.4) is 0 Å². The van der Waals surface area contributed by atoms with Gasteiger partial charge in [-0.05, 0) is 79.7 Å². The molecule has 2 nitrogen and oxygen atoms in total. The Kier molecular flexibility index (Phi) is 6.23. The number of nitrogens with zero attached hydrogens (tertiary/aromatic N) is 2. The van der Waals surface area contributed by atoms with Crippen molar-refractivity contribution in [2.24, 2.45) is 0 Å². The fourth-order valence-electron chi connectivity index (χ4n) is 7.49. The van der Waals surface area contributed by atoms with Crippen LogP contribution in [0.1, 0.15) is 5.56 Å². The van der Waals surface area contributed by atoms with E-state index in [1.807, 2.05) is 12.1 Å². The van der Waals surface area contributed by atoms with Crippen molar-refractivity contribution in [1.29, 1.82) is 5.26 Å². The molecule has 1 heterocycles. The maximum absolute atomic E-state index is 10.5. The zero-order valence-electron chi connectivity index (χ0n) is 25.6. The molecule has 0 aliphatic carbocycles. The van der Waals surface area contributed by atoms with Crippen LogP contribution in [0.4, 0.5) is 0 Å². The van der Waals surface area contributed by atoms with Crippen molar-refractivity contribution in [2.75, 3.05) is 0 Å². The van der Waals surface area contributed by atoms with Gasteiger partial charge in [-0.2, -0.15) is 5.26 Å². The lowest BCUT2D eigenvalue weighted by atomic mass is 9.85. The van der Waals surface area contributed by atoms with E-state index in [9.17, 15) is 5.26 Å². The fraction of sp³-hybridized carbons (Fsp3) is 0. The molecule has 0 unspecified atom stereocenters. The number of rotatable bonds is 4. The first kappa shape index (κ1) is 26.9. The molecule has 9 rings (SSSR count). The highest BCUT2D eigenvalue weighted by Crippen LogP contribution is 2.45. The number of hydrogen-bond donors (Lipinski definition) is 0. The predicted molar refractivity (Wildman–Crippen MR) is 197 cm³/mol. The van der Waals surface area contributed by atoms with Crippen molar-refractivity contribution >= 4 is 43.4 Å². The van der Waals surface area contributed by atoms with Gasteiger partial charge in [0.25, 0.3) is 0 Å². The summed E-state index contributed by atoms with van der Waals surface area (Å²) in [6, 6.07) is 62.5. The van der Waals surface area contributed by atoms with Gasteiger partial charge in [-0.25, -0.2) is 0 Å². The van der Waals surface area contributed by atoms with Crippen LogP contribution in [-0.2, 0) is 0 Å². The Labute approximate surface area is 273 Å². The van der Waals surface area contributed by atoms with Gasteiger partial charge in [-0.3, -0.25) is 0 Å². The molecule has 0 bridgehead atoms. The highest BCUT2D eigenvalue weighted by molar-refractivity contribution is 6.21. The predicted octanol–water partition coefficient (Wildman–Crippen LogP) is 12.0. The number of benzene rings is 8. The minimum atomic E-state index is 0.649. The topological polar surface area (TPSA) is 28.7 Å². The molecular weight excluding hydrogens is 569 g/mol. The first-order valence-electron chi connectivity index (χ1n) is 15.9. The third-order valence-corrected chi connectivity index (χ3v) is 9.42. The summed E-state index contributed by atoms with van der Waals surface area (Å²) >= 11 is 0. The molecule has 0 fully saturated rings. The standard InChI is InChI=1S/C45H28N2/c46-29-33-18-13-27-42(47-40-25-10-8-19-34(40)35-20-9-11-26-41(35)47)43(33)31-16-12-17-32(28-31)45-38-23-6-4-21-36(38)44(30-14-2-1-3-15-30)37-22-5-7-24-39(37)45/h1-28H. The van der Waals surface area contributed by atoms with Gasteiger partial charge in [0.05, 0.1) is 28.4 Å². The molecule has 0 N–H and O–H groups in total. The summed E-state index contributed by atoms with van der Waals surface area (Å²) in [6.07, 6.45) is 0. The first-order valence-corrected chi connectivity index (χ1v) is 15.9. The lowest BCUT2D eigenvalue weighted by Gasteiger charge is -2.19. The fourth-order valence-corrected chi connectivity index (χ4v) is 7.49. The quantitative estimate of drug-likeness (QED) is 0.186. The molecule has 0 amide bonds. The molecule has 1 aromatic heterocycles. The molecule has 0 radical (unpaired) electrons. The molecular formula is C45H28N2. The molecule has 47 heavy (non-hydrogen) atoms. The zero-order chi connectivity index (χ0) is 31.3. The van der Waals surface area contributed by atoms with Gasteiger partial charge in [0, 0.05) is 16.3 Å². The van der Waals surface area contributed by atoms with E-state index in [2.05, 4.69) is 168 Å². The molecule has 218 valence electrons. The minimum absolute atomic E-state index is 0.649. The van der Waals surface area contributed by atoms with E-state index in [-0.39, 0.29) is 0 Å². The van der Waals surface area contributed by atoms with E-state index in [1.165, 1.54) is 49.0 Å². The van der Waals surface area contributed by atoms with E-state index in [0.717, 1.165) is 33.4 Å². The van der Waals surface area contributed by atoms with Crippen molar-refractivity contribution < 1.29 is 0 Å². The number of hydrogen-bond acceptors (Lipinski definition) is 1. The zero-order valence-corrected chi connectivity index (χ0v) is 25.6. The Balaban J connectivity index is 1.34. The first-order chi connectivity index (χ1) is 23.3. The van der Waals surface area contributed by atoms with Crippen molar-refractivity contribution in [3.63, 3.8) is 0 Å². The second-order valence-corrected chi connectivity index (χ2v) is 12.0. The average molecular weight is 597 g/mol. The lowest BCUT2D eigenvalue weighted by molar-refractivity contribution is 1.18. The maximum atomic E-state index is 10.5. The molecule has 0 atom stereocenters. The van der Waals surface area contributed by atoms with Crippen LogP contribution in [-0.4, -0.2) is 4.57 Å². The normalized spacial score (nSPS) is 11.4. The Morgan fingerprint density at radius 3 is 1.34 bits per heavy atom. The third kappa shape index (κ3) is 4.18. The van der Waals surface area contributed by atoms with E-state index in [0.29, 0.717) is 5.56 Å². The molecule has 0 saturated carbocycles. The summed E-state index contributed by atoms with van der Waals surface area (Å²) < 4.78 is 2.31. The molecule has 0 aliphatic heterocycles. The van der Waals surface area contributed by atoms with E-state index in [4.69, 9.17) is 0 Å². The van der Waals surface area contributed by atoms with Crippen LogP contribution in [0.15, 0.2) is 170 Å². The lowest BCUT2D eigenvalue weighted by Crippen LogP contribution is -1.99. The van der Waals surface area contributed by atoms with Gasteiger partial charge in [0.2, 0.25) is 0 Å². The highest BCUT2D eigenvalue weighted by Gasteiger charge is 2.20. The van der Waals surface area contributed by atoms with E-state index in [1.54, 1.807) is 0 Å². The second-order valence-electron chi connectivity index (χ2n) is 12.0. The highest BCUT2D eigenvalue weighted by atomic mass is 15.0. The van der Waals surface area contributed by atoms with Crippen molar-refractivity contribution in [3.05, 3.63) is 175 Å². The Morgan fingerprint density at radius 1 is 0.362 bits per heavy atom. The summed E-state index contributed by atoms with van der Waals surface area (Å²) in [4.78, 5) is 0. The summed E-state index contributed by atoms with van der Waals surface area (Å²) in [5.74, 6) is 0. The summed E-state index contributed by atoms with van der Waals surface area (Å²) in [7, 11) is 0. The van der Waals surface area contributed by atoms with E-state index >= 15 is 0 Å². The van der Waals surface area contributed by atoms with Gasteiger partial charge in [0.15, 0.2) is 0 Å². The Morgan fingerprint density at radius 2 is 0.787 bits per heavy atom. The molecule has 0 spiro atoms. The molecule has 8 aromatic carbocycles. The third-order valence-electron chi connectivity index (χ3n) is 9.42. The van der Waals surface area contributed by atoms with Crippen LogP contribution in [0, 0.1) is 11.3 Å². The average Bonchev–Trinajstić information content (AvgIpc) is 3.48. The van der Waals surface area contributed by atoms with Crippen LogP contribution in [0.5, 0.6) is 0 Å². The summed E-state index contributed by atoms with van der Waals surface area (Å²) in [5.41, 5.74) is 10.6. The Bertz CT molecular complexity index is 2580. The van der Waals surface area contributed by atoms with Crippen LogP contribution < -0.4 is 0 Å². The van der Waals surface area contributed by atoms with Crippen LogP contribution in [0.25, 0.3) is 82.4 Å². The van der Waals surface area contributed by atoms with Crippen molar-refractivity contribution in [3.8, 4) is 45.1 Å². The number of fused-ring (bicyclic) bond motifs is 5. The summed E-state index contributed by atoms with van der Waals surface area (Å²) in [6.45, 7) is 0. The molecule has 2 heteroatoms. The monoisotopic (exact) mass is 596 g/mol.